The fourth-order valence-electron chi connectivity index (χ4n) is 11.6. The summed E-state index contributed by atoms with van der Waals surface area (Å²) in [7, 11) is 0. The summed E-state index contributed by atoms with van der Waals surface area (Å²) in [5, 5.41) is 0. The van der Waals surface area contributed by atoms with Crippen LogP contribution in [-0.4, -0.2) is 0 Å². The lowest BCUT2D eigenvalue weighted by Crippen LogP contribution is -2.28. The predicted molar refractivity (Wildman–Crippen MR) is 316 cm³/mol. The van der Waals surface area contributed by atoms with Crippen LogP contribution < -0.4 is 9.80 Å². The molecule has 0 fully saturated rings. The first-order chi connectivity index (χ1) is 37.2. The van der Waals surface area contributed by atoms with Crippen LogP contribution in [0.5, 0.6) is 0 Å². The number of nitrogens with zero attached hydrogens (tertiary/aromatic N) is 2. The van der Waals surface area contributed by atoms with Gasteiger partial charge < -0.3 is 9.80 Å². The van der Waals surface area contributed by atoms with E-state index in [0.717, 1.165) is 47.0 Å². The highest BCUT2D eigenvalue weighted by Gasteiger charge is 2.46. The highest BCUT2D eigenvalue weighted by Crippen LogP contribution is 2.57. The molecule has 0 saturated carbocycles. The molecule has 2 aliphatic rings. The number of rotatable bonds is 12. The van der Waals surface area contributed by atoms with Crippen LogP contribution in [-0.2, 0) is 5.41 Å². The predicted octanol–water partition coefficient (Wildman–Crippen LogP) is 19.7. The molecule has 0 bridgehead atoms. The van der Waals surface area contributed by atoms with Crippen LogP contribution in [0.15, 0.2) is 303 Å². The maximum Gasteiger partial charge on any atom is 0.0713 e. The SMILES string of the molecule is C1=CC(c2ccc(N(c3ccc(-c4ccccc4)cc3)c3ccc(C4(c5ccc(N(c6ccc(-c7ccccc7)cc6)c6ccc(-c7ccccc7)cc6)cc5)c5ccccc5-c5ccccc54)cc3)cc2)=CCC1. The third-order valence-corrected chi connectivity index (χ3v) is 15.2. The van der Waals surface area contributed by atoms with Crippen molar-refractivity contribution in [2.45, 2.75) is 18.3 Å². The van der Waals surface area contributed by atoms with Crippen molar-refractivity contribution in [1.29, 1.82) is 0 Å². The van der Waals surface area contributed by atoms with Gasteiger partial charge in [-0.2, -0.15) is 0 Å². The molecule has 2 heteroatoms. The van der Waals surface area contributed by atoms with Gasteiger partial charge in [-0.3, -0.25) is 0 Å². The lowest BCUT2D eigenvalue weighted by Gasteiger charge is -2.35. The molecule has 0 aliphatic heterocycles. The van der Waals surface area contributed by atoms with Crippen molar-refractivity contribution in [1.82, 2.24) is 0 Å². The molecule has 13 rings (SSSR count). The van der Waals surface area contributed by atoms with Gasteiger partial charge in [-0.25, -0.2) is 0 Å². The molecule has 2 nitrogen and oxygen atoms in total. The van der Waals surface area contributed by atoms with E-state index in [-0.39, 0.29) is 0 Å². The largest absolute Gasteiger partial charge is 0.311 e. The number of hydrogen-bond donors (Lipinski definition) is 0. The molecular formula is C73H54N2. The molecular weight excluding hydrogens is 905 g/mol. The van der Waals surface area contributed by atoms with Crippen molar-refractivity contribution in [3.05, 3.63) is 331 Å². The van der Waals surface area contributed by atoms with Crippen LogP contribution in [0.4, 0.5) is 34.1 Å². The summed E-state index contributed by atoms with van der Waals surface area (Å²) in [6.45, 7) is 0. The summed E-state index contributed by atoms with van der Waals surface area (Å²) in [5.74, 6) is 0. The molecule has 0 saturated heterocycles. The van der Waals surface area contributed by atoms with Crippen molar-refractivity contribution in [2.75, 3.05) is 9.80 Å². The lowest BCUT2D eigenvalue weighted by atomic mass is 9.67. The van der Waals surface area contributed by atoms with Crippen LogP contribution in [0.3, 0.4) is 0 Å². The number of fused-ring (bicyclic) bond motifs is 3. The van der Waals surface area contributed by atoms with E-state index in [1.165, 1.54) is 77.9 Å². The van der Waals surface area contributed by atoms with Gasteiger partial charge >= 0.3 is 0 Å². The van der Waals surface area contributed by atoms with Crippen molar-refractivity contribution in [3.63, 3.8) is 0 Å². The van der Waals surface area contributed by atoms with Crippen LogP contribution in [0, 0.1) is 0 Å². The Labute approximate surface area is 441 Å². The van der Waals surface area contributed by atoms with Crippen LogP contribution in [0.25, 0.3) is 50.1 Å². The number of anilines is 6. The van der Waals surface area contributed by atoms with Gasteiger partial charge in [-0.05, 0) is 164 Å². The smallest absolute Gasteiger partial charge is 0.0713 e. The van der Waals surface area contributed by atoms with Gasteiger partial charge in [0, 0.05) is 34.1 Å². The average molecular weight is 959 g/mol. The number of allylic oxidation sites excluding steroid dienone is 4. The second kappa shape index (κ2) is 19.8. The Morgan fingerprint density at radius 2 is 0.547 bits per heavy atom. The highest BCUT2D eigenvalue weighted by atomic mass is 15.1. The zero-order valence-electron chi connectivity index (χ0n) is 41.7. The van der Waals surface area contributed by atoms with E-state index < -0.39 is 5.41 Å². The van der Waals surface area contributed by atoms with E-state index in [2.05, 4.69) is 313 Å². The minimum Gasteiger partial charge on any atom is -0.311 e. The fourth-order valence-corrected chi connectivity index (χ4v) is 11.6. The van der Waals surface area contributed by atoms with Gasteiger partial charge in [-0.1, -0.05) is 231 Å². The first-order valence-corrected chi connectivity index (χ1v) is 26.1. The van der Waals surface area contributed by atoms with Crippen molar-refractivity contribution in [2.24, 2.45) is 0 Å². The molecule has 0 radical (unpaired) electrons. The molecule has 0 atom stereocenters. The Morgan fingerprint density at radius 1 is 0.253 bits per heavy atom. The molecule has 356 valence electrons. The van der Waals surface area contributed by atoms with E-state index in [4.69, 9.17) is 0 Å². The summed E-state index contributed by atoms with van der Waals surface area (Å²) in [6, 6.07) is 105. The van der Waals surface area contributed by atoms with E-state index in [1.54, 1.807) is 0 Å². The molecule has 0 unspecified atom stereocenters. The Morgan fingerprint density at radius 3 is 0.880 bits per heavy atom. The minimum absolute atomic E-state index is 0.589. The van der Waals surface area contributed by atoms with Crippen LogP contribution in [0.2, 0.25) is 0 Å². The molecule has 0 amide bonds. The maximum absolute atomic E-state index is 2.39. The molecule has 11 aromatic rings. The Hall–Kier alpha value is -9.50. The number of hydrogen-bond acceptors (Lipinski definition) is 2. The monoisotopic (exact) mass is 958 g/mol. The maximum atomic E-state index is 2.39. The van der Waals surface area contributed by atoms with Crippen LogP contribution >= 0.6 is 0 Å². The first-order valence-electron chi connectivity index (χ1n) is 26.1. The highest BCUT2D eigenvalue weighted by molar-refractivity contribution is 5.88. The summed E-state index contributed by atoms with van der Waals surface area (Å²) >= 11 is 0. The van der Waals surface area contributed by atoms with E-state index in [9.17, 15) is 0 Å². The van der Waals surface area contributed by atoms with E-state index in [0.29, 0.717) is 0 Å². The lowest BCUT2D eigenvalue weighted by molar-refractivity contribution is 0.768. The molecule has 0 aromatic heterocycles. The molecule has 75 heavy (non-hydrogen) atoms. The second-order valence-electron chi connectivity index (χ2n) is 19.5. The van der Waals surface area contributed by atoms with Crippen molar-refractivity contribution < 1.29 is 0 Å². The first kappa shape index (κ1) is 45.4. The molecule has 0 heterocycles. The van der Waals surface area contributed by atoms with Crippen LogP contribution in [0.1, 0.15) is 40.7 Å². The molecule has 0 N–H and O–H groups in total. The Kier molecular flexibility index (Phi) is 12.0. The van der Waals surface area contributed by atoms with Gasteiger partial charge in [0.05, 0.1) is 5.41 Å². The third kappa shape index (κ3) is 8.47. The zero-order chi connectivity index (χ0) is 50.0. The molecule has 11 aromatic carbocycles. The quantitative estimate of drug-likeness (QED) is 0.120. The molecule has 0 spiro atoms. The summed E-state index contributed by atoms with van der Waals surface area (Å²) in [5.41, 5.74) is 23.2. The van der Waals surface area contributed by atoms with Gasteiger partial charge in [0.15, 0.2) is 0 Å². The molecule has 2 aliphatic carbocycles. The summed E-state index contributed by atoms with van der Waals surface area (Å²) < 4.78 is 0. The second-order valence-corrected chi connectivity index (χ2v) is 19.5. The van der Waals surface area contributed by atoms with E-state index >= 15 is 0 Å². The Balaban J connectivity index is 0.921. The Bertz CT molecular complexity index is 3670. The number of benzene rings is 11. The normalized spacial score (nSPS) is 13.1. The third-order valence-electron chi connectivity index (χ3n) is 15.2. The summed E-state index contributed by atoms with van der Waals surface area (Å²) in [6.07, 6.45) is 9.06. The van der Waals surface area contributed by atoms with Gasteiger partial charge in [-0.15, -0.1) is 0 Å². The topological polar surface area (TPSA) is 6.48 Å². The van der Waals surface area contributed by atoms with Crippen molar-refractivity contribution >= 4 is 39.7 Å². The van der Waals surface area contributed by atoms with Gasteiger partial charge in [0.25, 0.3) is 0 Å². The standard InChI is InChI=1S/C73H54N2/c1-5-17-53(18-6-1)57-29-41-63(42-30-57)74(64-43-31-58(32-44-64)54-19-7-2-8-20-54)67-49-37-61(38-50-67)73(71-27-15-13-25-69(71)70-26-14-16-28-72(70)73)62-39-51-68(52-40-62)75(65-45-33-59(34-46-65)55-21-9-3-10-22-55)66-47-35-60(36-48-66)56-23-11-4-12-24-56/h1-3,5-11,13-52H,4,12H2. The van der Waals surface area contributed by atoms with Crippen molar-refractivity contribution in [3.8, 4) is 44.5 Å². The van der Waals surface area contributed by atoms with E-state index in [1.807, 2.05) is 0 Å². The fraction of sp³-hybridized carbons (Fsp3) is 0.0411. The minimum atomic E-state index is -0.589. The van der Waals surface area contributed by atoms with Gasteiger partial charge in [0.2, 0.25) is 0 Å². The zero-order valence-corrected chi connectivity index (χ0v) is 41.7. The summed E-state index contributed by atoms with van der Waals surface area (Å²) in [4.78, 5) is 4.76. The average Bonchev–Trinajstić information content (AvgIpc) is 3.90. The van der Waals surface area contributed by atoms with Gasteiger partial charge in [0.1, 0.15) is 0 Å².